The number of ether oxygens (including phenoxy) is 1. The van der Waals surface area contributed by atoms with Crippen molar-refractivity contribution in [1.29, 1.82) is 0 Å². The van der Waals surface area contributed by atoms with E-state index in [4.69, 9.17) is 16.3 Å². The van der Waals surface area contributed by atoms with Gasteiger partial charge < -0.3 is 9.64 Å². The highest BCUT2D eigenvalue weighted by Gasteiger charge is 2.13. The molecule has 0 aliphatic carbocycles. The molecule has 0 bridgehead atoms. The highest BCUT2D eigenvalue weighted by atomic mass is 35.5. The first-order valence-electron chi connectivity index (χ1n) is 7.63. The third-order valence-corrected chi connectivity index (χ3v) is 3.89. The molecule has 0 saturated carbocycles. The number of nitrogens with zero attached hydrogens (tertiary/aromatic N) is 2. The summed E-state index contributed by atoms with van der Waals surface area (Å²) in [5, 5.41) is 1.64. The van der Waals surface area contributed by atoms with Gasteiger partial charge in [-0.2, -0.15) is 0 Å². The molecule has 0 radical (unpaired) electrons. The summed E-state index contributed by atoms with van der Waals surface area (Å²) in [7, 11) is 1.74. The standard InChI is InChI=1S/C19H17ClN2O2/c1-22(11-12-24-16-7-4-6-15(20)13-16)19(23)18-10-9-14-5-2-3-8-17(14)21-18/h2-10,13H,11-12H2,1H3. The quantitative estimate of drug-likeness (QED) is 0.704. The molecule has 4 nitrogen and oxygen atoms in total. The molecule has 0 aliphatic heterocycles. The third-order valence-electron chi connectivity index (χ3n) is 3.66. The first-order chi connectivity index (χ1) is 11.6. The zero-order valence-electron chi connectivity index (χ0n) is 13.3. The van der Waals surface area contributed by atoms with Crippen molar-refractivity contribution >= 4 is 28.4 Å². The largest absolute Gasteiger partial charge is 0.492 e. The number of hydrogen-bond donors (Lipinski definition) is 0. The number of halogens is 1. The number of carbonyl (C=O) groups is 1. The molecule has 0 atom stereocenters. The second kappa shape index (κ2) is 7.32. The lowest BCUT2D eigenvalue weighted by atomic mass is 10.2. The van der Waals surface area contributed by atoms with E-state index in [1.54, 1.807) is 30.1 Å². The minimum Gasteiger partial charge on any atom is -0.492 e. The predicted molar refractivity (Wildman–Crippen MR) is 95.7 cm³/mol. The van der Waals surface area contributed by atoms with Crippen LogP contribution in [-0.4, -0.2) is 36.0 Å². The number of benzene rings is 2. The lowest BCUT2D eigenvalue weighted by molar-refractivity contribution is 0.0768. The Bertz CT molecular complexity index is 867. The number of rotatable bonds is 5. The van der Waals surface area contributed by atoms with Crippen LogP contribution in [0.3, 0.4) is 0 Å². The van der Waals surface area contributed by atoms with E-state index in [-0.39, 0.29) is 5.91 Å². The van der Waals surface area contributed by atoms with Gasteiger partial charge in [0.25, 0.3) is 5.91 Å². The van der Waals surface area contributed by atoms with Crippen LogP contribution in [0.2, 0.25) is 5.02 Å². The van der Waals surface area contributed by atoms with Gasteiger partial charge in [0, 0.05) is 17.5 Å². The van der Waals surface area contributed by atoms with Crippen molar-refractivity contribution in [3.05, 3.63) is 71.4 Å². The van der Waals surface area contributed by atoms with Gasteiger partial charge in [-0.05, 0) is 30.3 Å². The van der Waals surface area contributed by atoms with Gasteiger partial charge in [-0.25, -0.2) is 4.98 Å². The van der Waals surface area contributed by atoms with Gasteiger partial charge in [-0.1, -0.05) is 41.9 Å². The van der Waals surface area contributed by atoms with Gasteiger partial charge in [0.05, 0.1) is 12.1 Å². The Morgan fingerprint density at radius 2 is 1.96 bits per heavy atom. The number of hydrogen-bond acceptors (Lipinski definition) is 3. The third kappa shape index (κ3) is 3.84. The van der Waals surface area contributed by atoms with Crippen molar-refractivity contribution in [3.63, 3.8) is 0 Å². The molecule has 24 heavy (non-hydrogen) atoms. The Morgan fingerprint density at radius 1 is 1.12 bits per heavy atom. The molecule has 3 aromatic rings. The van der Waals surface area contributed by atoms with E-state index in [1.165, 1.54) is 0 Å². The summed E-state index contributed by atoms with van der Waals surface area (Å²) >= 11 is 5.91. The highest BCUT2D eigenvalue weighted by molar-refractivity contribution is 6.30. The number of aromatic nitrogens is 1. The van der Waals surface area contributed by atoms with Crippen LogP contribution >= 0.6 is 11.6 Å². The molecule has 0 unspecified atom stereocenters. The van der Waals surface area contributed by atoms with E-state index < -0.39 is 0 Å². The van der Waals surface area contributed by atoms with E-state index in [0.29, 0.717) is 29.6 Å². The SMILES string of the molecule is CN(CCOc1cccc(Cl)c1)C(=O)c1ccc2ccccc2n1. The number of amides is 1. The molecule has 0 N–H and O–H groups in total. The molecular weight excluding hydrogens is 324 g/mol. The average Bonchev–Trinajstić information content (AvgIpc) is 2.60. The van der Waals surface area contributed by atoms with Gasteiger partial charge in [0.15, 0.2) is 0 Å². The smallest absolute Gasteiger partial charge is 0.272 e. The van der Waals surface area contributed by atoms with Crippen LogP contribution in [0.4, 0.5) is 0 Å². The summed E-state index contributed by atoms with van der Waals surface area (Å²) in [5.74, 6) is 0.558. The molecular formula is C19H17ClN2O2. The molecule has 1 heterocycles. The fourth-order valence-corrected chi connectivity index (χ4v) is 2.52. The van der Waals surface area contributed by atoms with Crippen molar-refractivity contribution in [3.8, 4) is 5.75 Å². The second-order valence-corrected chi connectivity index (χ2v) is 5.86. The van der Waals surface area contributed by atoms with E-state index in [9.17, 15) is 4.79 Å². The van der Waals surface area contributed by atoms with Gasteiger partial charge >= 0.3 is 0 Å². The second-order valence-electron chi connectivity index (χ2n) is 5.42. The number of para-hydroxylation sites is 1. The van der Waals surface area contributed by atoms with Gasteiger partial charge in [-0.3, -0.25) is 4.79 Å². The maximum atomic E-state index is 12.5. The molecule has 2 aromatic carbocycles. The summed E-state index contributed by atoms with van der Waals surface area (Å²) in [6, 6.07) is 18.6. The Morgan fingerprint density at radius 3 is 2.79 bits per heavy atom. The van der Waals surface area contributed by atoms with Crippen LogP contribution in [0.1, 0.15) is 10.5 Å². The molecule has 5 heteroatoms. The molecule has 1 amide bonds. The van der Waals surface area contributed by atoms with Crippen molar-refractivity contribution in [2.75, 3.05) is 20.2 Å². The minimum atomic E-state index is -0.129. The molecule has 0 saturated heterocycles. The summed E-state index contributed by atoms with van der Waals surface area (Å²) < 4.78 is 5.62. The molecule has 122 valence electrons. The lowest BCUT2D eigenvalue weighted by Crippen LogP contribution is -2.31. The highest BCUT2D eigenvalue weighted by Crippen LogP contribution is 2.17. The molecule has 0 fully saturated rings. The first-order valence-corrected chi connectivity index (χ1v) is 8.01. The first kappa shape index (κ1) is 16.3. The van der Waals surface area contributed by atoms with E-state index in [1.807, 2.05) is 42.5 Å². The maximum absolute atomic E-state index is 12.5. The van der Waals surface area contributed by atoms with E-state index in [2.05, 4.69) is 4.98 Å². The van der Waals surface area contributed by atoms with Crippen molar-refractivity contribution in [2.24, 2.45) is 0 Å². The number of likely N-dealkylation sites (N-methyl/N-ethyl adjacent to an activating group) is 1. The Hall–Kier alpha value is -2.59. The Balaban J connectivity index is 1.61. The Kier molecular flexibility index (Phi) is 4.96. The summed E-state index contributed by atoms with van der Waals surface area (Å²) in [6.07, 6.45) is 0. The van der Waals surface area contributed by atoms with E-state index >= 15 is 0 Å². The normalized spacial score (nSPS) is 10.6. The van der Waals surface area contributed by atoms with Crippen molar-refractivity contribution < 1.29 is 9.53 Å². The predicted octanol–water partition coefficient (Wildman–Crippen LogP) is 4.04. The Labute approximate surface area is 145 Å². The van der Waals surface area contributed by atoms with Gasteiger partial charge in [0.1, 0.15) is 18.1 Å². The number of pyridine rings is 1. The van der Waals surface area contributed by atoms with E-state index in [0.717, 1.165) is 10.9 Å². The van der Waals surface area contributed by atoms with Crippen LogP contribution < -0.4 is 4.74 Å². The number of carbonyl (C=O) groups excluding carboxylic acids is 1. The zero-order valence-corrected chi connectivity index (χ0v) is 14.0. The number of fused-ring (bicyclic) bond motifs is 1. The van der Waals surface area contributed by atoms with Crippen molar-refractivity contribution in [1.82, 2.24) is 9.88 Å². The van der Waals surface area contributed by atoms with Crippen LogP contribution in [0, 0.1) is 0 Å². The maximum Gasteiger partial charge on any atom is 0.272 e. The topological polar surface area (TPSA) is 42.4 Å². The fourth-order valence-electron chi connectivity index (χ4n) is 2.34. The zero-order chi connectivity index (χ0) is 16.9. The van der Waals surface area contributed by atoms with Crippen LogP contribution in [-0.2, 0) is 0 Å². The summed E-state index contributed by atoms with van der Waals surface area (Å²) in [5.41, 5.74) is 1.24. The van der Waals surface area contributed by atoms with Crippen LogP contribution in [0.5, 0.6) is 5.75 Å². The van der Waals surface area contributed by atoms with Gasteiger partial charge in [0.2, 0.25) is 0 Å². The summed E-state index contributed by atoms with van der Waals surface area (Å²) in [6.45, 7) is 0.843. The van der Waals surface area contributed by atoms with Crippen LogP contribution in [0.15, 0.2) is 60.7 Å². The molecule has 1 aromatic heterocycles. The van der Waals surface area contributed by atoms with Crippen LogP contribution in [0.25, 0.3) is 10.9 Å². The fraction of sp³-hybridized carbons (Fsp3) is 0.158. The average molecular weight is 341 g/mol. The van der Waals surface area contributed by atoms with Crippen molar-refractivity contribution in [2.45, 2.75) is 0 Å². The minimum absolute atomic E-state index is 0.129. The van der Waals surface area contributed by atoms with Gasteiger partial charge in [-0.15, -0.1) is 0 Å². The lowest BCUT2D eigenvalue weighted by Gasteiger charge is -2.17. The monoisotopic (exact) mass is 340 g/mol. The molecule has 0 spiro atoms. The molecule has 0 aliphatic rings. The molecule has 3 rings (SSSR count). The summed E-state index contributed by atoms with van der Waals surface area (Å²) in [4.78, 5) is 18.5.